The zero-order chi connectivity index (χ0) is 18.9. The fraction of sp³-hybridized carbons (Fsp3) is 0.500. The first-order valence-electron chi connectivity index (χ1n) is 8.66. The molecule has 138 valence electrons. The van der Waals surface area contributed by atoms with Crippen molar-refractivity contribution in [1.82, 2.24) is 4.90 Å². The molecule has 0 N–H and O–H groups in total. The van der Waals surface area contributed by atoms with Crippen LogP contribution in [0.25, 0.3) is 0 Å². The van der Waals surface area contributed by atoms with Crippen molar-refractivity contribution in [3.8, 4) is 6.07 Å². The van der Waals surface area contributed by atoms with E-state index in [-0.39, 0.29) is 42.3 Å². The summed E-state index contributed by atoms with van der Waals surface area (Å²) in [5.74, 6) is -0.792. The number of rotatable bonds is 4. The van der Waals surface area contributed by atoms with Gasteiger partial charge in [-0.25, -0.2) is 8.42 Å². The SMILES string of the molecule is CCN(C(=O)C1CC(=O)N(c2ccccc2C#N)C1)C1CCS(=O)(=O)C1. The molecule has 1 aromatic rings. The van der Waals surface area contributed by atoms with Crippen molar-refractivity contribution in [2.24, 2.45) is 5.92 Å². The number of sulfone groups is 1. The van der Waals surface area contributed by atoms with Crippen LogP contribution in [0.4, 0.5) is 5.69 Å². The minimum absolute atomic E-state index is 0.00573. The summed E-state index contributed by atoms with van der Waals surface area (Å²) in [6.07, 6.45) is 0.526. The summed E-state index contributed by atoms with van der Waals surface area (Å²) in [7, 11) is -3.09. The van der Waals surface area contributed by atoms with E-state index in [2.05, 4.69) is 6.07 Å². The normalized spacial score (nSPS) is 24.5. The van der Waals surface area contributed by atoms with Gasteiger partial charge in [-0.3, -0.25) is 9.59 Å². The smallest absolute Gasteiger partial charge is 0.228 e. The van der Waals surface area contributed by atoms with Gasteiger partial charge >= 0.3 is 0 Å². The number of hydrogen-bond donors (Lipinski definition) is 0. The molecule has 2 aliphatic heterocycles. The lowest BCUT2D eigenvalue weighted by atomic mass is 10.1. The van der Waals surface area contributed by atoms with Crippen LogP contribution in [0.15, 0.2) is 24.3 Å². The molecule has 0 saturated carbocycles. The number of anilines is 1. The minimum atomic E-state index is -3.09. The lowest BCUT2D eigenvalue weighted by molar-refractivity contribution is -0.137. The van der Waals surface area contributed by atoms with E-state index in [0.29, 0.717) is 24.2 Å². The molecular formula is C18H21N3O4S. The molecule has 0 spiro atoms. The Kier molecular flexibility index (Phi) is 5.01. The van der Waals surface area contributed by atoms with E-state index >= 15 is 0 Å². The van der Waals surface area contributed by atoms with E-state index in [4.69, 9.17) is 0 Å². The average Bonchev–Trinajstić information content (AvgIpc) is 3.18. The van der Waals surface area contributed by atoms with Crippen LogP contribution < -0.4 is 4.90 Å². The molecule has 26 heavy (non-hydrogen) atoms. The molecule has 2 unspecified atom stereocenters. The van der Waals surface area contributed by atoms with Gasteiger partial charge in [0.2, 0.25) is 11.8 Å². The molecule has 2 atom stereocenters. The van der Waals surface area contributed by atoms with Crippen molar-refractivity contribution in [2.75, 3.05) is 29.5 Å². The third-order valence-corrected chi connectivity index (χ3v) is 6.81. The maximum Gasteiger partial charge on any atom is 0.228 e. The minimum Gasteiger partial charge on any atom is -0.339 e. The van der Waals surface area contributed by atoms with Gasteiger partial charge in [0.15, 0.2) is 9.84 Å². The molecule has 1 aromatic carbocycles. The monoisotopic (exact) mass is 375 g/mol. The Morgan fingerprint density at radius 2 is 2.12 bits per heavy atom. The maximum atomic E-state index is 12.9. The second kappa shape index (κ2) is 7.08. The second-order valence-electron chi connectivity index (χ2n) is 6.72. The fourth-order valence-electron chi connectivity index (χ4n) is 3.76. The summed E-state index contributed by atoms with van der Waals surface area (Å²) in [6.45, 7) is 2.45. The molecule has 0 bridgehead atoms. The standard InChI is InChI=1S/C18H21N3O4S/c1-2-20(15-7-8-26(24,25)12-15)18(23)14-9-17(22)21(11-14)16-6-4-3-5-13(16)10-19/h3-6,14-15H,2,7-9,11-12H2,1H3. The van der Waals surface area contributed by atoms with Crippen LogP contribution in [-0.2, 0) is 19.4 Å². The molecule has 0 aromatic heterocycles. The van der Waals surface area contributed by atoms with Gasteiger partial charge in [0.1, 0.15) is 6.07 Å². The predicted molar refractivity (Wildman–Crippen MR) is 96.1 cm³/mol. The molecule has 7 nitrogen and oxygen atoms in total. The summed E-state index contributed by atoms with van der Waals surface area (Å²) in [5, 5.41) is 9.24. The largest absolute Gasteiger partial charge is 0.339 e. The van der Waals surface area contributed by atoms with E-state index < -0.39 is 15.8 Å². The Morgan fingerprint density at radius 1 is 1.38 bits per heavy atom. The summed E-state index contributed by atoms with van der Waals surface area (Å²) in [5.41, 5.74) is 0.907. The van der Waals surface area contributed by atoms with Crippen LogP contribution in [0.2, 0.25) is 0 Å². The highest BCUT2D eigenvalue weighted by Gasteiger charge is 2.41. The van der Waals surface area contributed by atoms with Gasteiger partial charge in [-0.05, 0) is 25.5 Å². The molecule has 8 heteroatoms. The van der Waals surface area contributed by atoms with E-state index in [1.165, 1.54) is 4.90 Å². The van der Waals surface area contributed by atoms with Crippen LogP contribution in [0.3, 0.4) is 0 Å². The van der Waals surface area contributed by atoms with Gasteiger partial charge in [-0.1, -0.05) is 12.1 Å². The highest BCUT2D eigenvalue weighted by Crippen LogP contribution is 2.30. The van der Waals surface area contributed by atoms with Gasteiger partial charge in [0.05, 0.1) is 28.7 Å². The van der Waals surface area contributed by atoms with Crippen molar-refractivity contribution in [1.29, 1.82) is 5.26 Å². The summed E-state index contributed by atoms with van der Waals surface area (Å²) < 4.78 is 23.5. The number of nitriles is 1. The van der Waals surface area contributed by atoms with Crippen molar-refractivity contribution >= 4 is 27.3 Å². The Labute approximate surface area is 153 Å². The molecular weight excluding hydrogens is 354 g/mol. The van der Waals surface area contributed by atoms with Gasteiger partial charge in [-0.15, -0.1) is 0 Å². The first kappa shape index (κ1) is 18.4. The molecule has 3 rings (SSSR count). The van der Waals surface area contributed by atoms with Gasteiger partial charge in [0, 0.05) is 25.6 Å². The molecule has 0 aliphatic carbocycles. The van der Waals surface area contributed by atoms with Gasteiger partial charge < -0.3 is 9.80 Å². The number of para-hydroxylation sites is 1. The van der Waals surface area contributed by atoms with Gasteiger partial charge in [-0.2, -0.15) is 5.26 Å². The Morgan fingerprint density at radius 3 is 2.73 bits per heavy atom. The van der Waals surface area contributed by atoms with Crippen molar-refractivity contribution in [3.05, 3.63) is 29.8 Å². The van der Waals surface area contributed by atoms with Crippen molar-refractivity contribution in [2.45, 2.75) is 25.8 Å². The lowest BCUT2D eigenvalue weighted by Crippen LogP contribution is -2.44. The molecule has 2 heterocycles. The fourth-order valence-corrected chi connectivity index (χ4v) is 5.49. The first-order chi connectivity index (χ1) is 12.4. The van der Waals surface area contributed by atoms with E-state index in [9.17, 15) is 23.3 Å². The summed E-state index contributed by atoms with van der Waals surface area (Å²) >= 11 is 0. The topological polar surface area (TPSA) is 98.5 Å². The second-order valence-corrected chi connectivity index (χ2v) is 8.94. The van der Waals surface area contributed by atoms with Crippen molar-refractivity contribution in [3.63, 3.8) is 0 Å². The van der Waals surface area contributed by atoms with Crippen LogP contribution in [0.5, 0.6) is 0 Å². The number of benzene rings is 1. The molecule has 2 amide bonds. The zero-order valence-electron chi connectivity index (χ0n) is 14.6. The number of hydrogen-bond acceptors (Lipinski definition) is 5. The van der Waals surface area contributed by atoms with E-state index in [0.717, 1.165) is 0 Å². The number of carbonyl (C=O) groups is 2. The molecule has 2 saturated heterocycles. The summed E-state index contributed by atoms with van der Waals surface area (Å²) in [4.78, 5) is 28.5. The summed E-state index contributed by atoms with van der Waals surface area (Å²) in [6, 6.07) is 8.57. The number of carbonyl (C=O) groups excluding carboxylic acids is 2. The molecule has 2 aliphatic rings. The Bertz CT molecular complexity index is 875. The third kappa shape index (κ3) is 3.44. The van der Waals surface area contributed by atoms with Crippen LogP contribution in [0, 0.1) is 17.2 Å². The molecule has 0 radical (unpaired) electrons. The lowest BCUT2D eigenvalue weighted by Gasteiger charge is -2.29. The zero-order valence-corrected chi connectivity index (χ0v) is 15.4. The Balaban J connectivity index is 1.77. The number of nitrogens with zero attached hydrogens (tertiary/aromatic N) is 3. The van der Waals surface area contributed by atoms with Gasteiger partial charge in [0.25, 0.3) is 0 Å². The first-order valence-corrected chi connectivity index (χ1v) is 10.5. The Hall–Kier alpha value is -2.40. The van der Waals surface area contributed by atoms with Crippen LogP contribution in [-0.4, -0.2) is 55.8 Å². The molecule has 2 fully saturated rings. The average molecular weight is 375 g/mol. The maximum absolute atomic E-state index is 12.9. The highest BCUT2D eigenvalue weighted by atomic mass is 32.2. The van der Waals surface area contributed by atoms with Crippen molar-refractivity contribution < 1.29 is 18.0 Å². The van der Waals surface area contributed by atoms with E-state index in [1.807, 2.05) is 6.92 Å². The van der Waals surface area contributed by atoms with Crippen LogP contribution >= 0.6 is 0 Å². The third-order valence-electron chi connectivity index (χ3n) is 5.06. The number of amides is 2. The highest BCUT2D eigenvalue weighted by molar-refractivity contribution is 7.91. The van der Waals surface area contributed by atoms with Crippen LogP contribution in [0.1, 0.15) is 25.3 Å². The van der Waals surface area contributed by atoms with E-state index in [1.54, 1.807) is 29.2 Å². The predicted octanol–water partition coefficient (Wildman–Crippen LogP) is 0.947. The quantitative estimate of drug-likeness (QED) is 0.780.